The zero-order chi connectivity index (χ0) is 52.8. The third-order valence-corrected chi connectivity index (χ3v) is 8.71. The van der Waals surface area contributed by atoms with Crippen LogP contribution in [0.15, 0.2) is 178 Å². The molecule has 2 nitrogen and oxygen atoms in total. The summed E-state index contributed by atoms with van der Waals surface area (Å²) >= 11 is 0. The first-order chi connectivity index (χ1) is 34.4. The molecule has 0 unspecified atom stereocenters. The third kappa shape index (κ3) is 3.90. The van der Waals surface area contributed by atoms with Gasteiger partial charge in [0.25, 0.3) is 0 Å². The molecule has 2 heterocycles. The van der Waals surface area contributed by atoms with Gasteiger partial charge in [-0.1, -0.05) is 133 Å². The van der Waals surface area contributed by atoms with E-state index in [-0.39, 0.29) is 54.6 Å². The summed E-state index contributed by atoms with van der Waals surface area (Å²) in [7, 11) is 0. The molecule has 0 aliphatic rings. The molecule has 9 aromatic carbocycles. The number of fused-ring (bicyclic) bond motifs is 10. The second-order valence-corrected chi connectivity index (χ2v) is 11.4. The number of hydrogen-bond acceptors (Lipinski definition) is 2. The highest BCUT2D eigenvalue weighted by Gasteiger charge is 2.19. The van der Waals surface area contributed by atoms with Gasteiger partial charge in [0.05, 0.1) is 31.5 Å². The lowest BCUT2D eigenvalue weighted by atomic mass is 9.85. The van der Waals surface area contributed by atoms with Crippen molar-refractivity contribution in [2.24, 2.45) is 0 Å². The lowest BCUT2D eigenvalue weighted by Crippen LogP contribution is -1.91. The maximum Gasteiger partial charge on any atom is 0.136 e. The minimum atomic E-state index is -0.931. The molecule has 0 radical (unpaired) electrons. The van der Waals surface area contributed by atoms with E-state index in [0.29, 0.717) is 0 Å². The highest BCUT2D eigenvalue weighted by Crippen LogP contribution is 2.45. The van der Waals surface area contributed by atoms with Crippen molar-refractivity contribution in [2.75, 3.05) is 0 Å². The first kappa shape index (κ1) is 13.3. The maximum atomic E-state index is 9.87. The van der Waals surface area contributed by atoms with E-state index in [1.807, 2.05) is 0 Å². The average molecular weight is 660 g/mol. The van der Waals surface area contributed by atoms with Crippen molar-refractivity contribution in [3.05, 3.63) is 169 Å². The Balaban J connectivity index is 1.32. The Bertz CT molecular complexity index is 4380. The molecule has 0 N–H and O–H groups in total. The predicted octanol–water partition coefficient (Wildman–Crippen LogP) is 13.9. The van der Waals surface area contributed by atoms with Crippen molar-refractivity contribution in [1.82, 2.24) is 0 Å². The van der Waals surface area contributed by atoms with Crippen molar-refractivity contribution in [1.29, 1.82) is 0 Å². The van der Waals surface area contributed by atoms with Crippen LogP contribution in [0.25, 0.3) is 110 Å². The summed E-state index contributed by atoms with van der Waals surface area (Å²) in [5.74, 6) is 0. The summed E-state index contributed by atoms with van der Waals surface area (Å²) in [5, 5.41) is -3.59. The summed E-state index contributed by atoms with van der Waals surface area (Å²) < 4.78 is 221. The molecule has 11 aromatic rings. The second-order valence-electron chi connectivity index (χ2n) is 11.4. The van der Waals surface area contributed by atoms with E-state index in [0.717, 1.165) is 0 Å². The van der Waals surface area contributed by atoms with Crippen molar-refractivity contribution >= 4 is 76.2 Å². The standard InChI is InChI=1S/C48H28O2/c1-2-11-29(12-3-1)45-35-14-4-6-16-37(35)46(38-17-7-5-15-36(38)45)32-22-23-34-30(27-32)13-10-19-33(34)31-21-24-40-44(28-31)50-43-26-25-42-47(48(40)43)39-18-8-9-20-41(39)49-42/h1-28H/i4D,5D,6D,7D,8D,9D,10D,13D,14D,15D,16D,17D,18D,19D,20D,21D,22D,23D,24D,25D,26D,27D,28D. The van der Waals surface area contributed by atoms with E-state index in [4.69, 9.17) is 23.9 Å². The minimum absolute atomic E-state index is 0.0326. The lowest BCUT2D eigenvalue weighted by molar-refractivity contribution is 0.663. The van der Waals surface area contributed by atoms with Crippen LogP contribution in [0.3, 0.4) is 0 Å². The Morgan fingerprint density at radius 2 is 0.920 bits per heavy atom. The molecule has 2 aromatic heterocycles. The lowest BCUT2D eigenvalue weighted by Gasteiger charge is -2.18. The number of para-hydroxylation sites is 1. The van der Waals surface area contributed by atoms with Crippen LogP contribution in [-0.4, -0.2) is 0 Å². The van der Waals surface area contributed by atoms with Gasteiger partial charge in [0.2, 0.25) is 0 Å². The van der Waals surface area contributed by atoms with Crippen molar-refractivity contribution in [2.45, 2.75) is 0 Å². The van der Waals surface area contributed by atoms with Gasteiger partial charge in [-0.15, -0.1) is 0 Å². The van der Waals surface area contributed by atoms with Gasteiger partial charge in [-0.05, 0) is 102 Å². The molecule has 50 heavy (non-hydrogen) atoms. The fourth-order valence-corrected chi connectivity index (χ4v) is 6.61. The molecule has 0 atom stereocenters. The molecule has 0 fully saturated rings. The fourth-order valence-electron chi connectivity index (χ4n) is 6.61. The van der Waals surface area contributed by atoms with E-state index in [1.54, 1.807) is 30.3 Å². The molecular formula is C48H28O2. The predicted molar refractivity (Wildman–Crippen MR) is 210 cm³/mol. The fraction of sp³-hybridized carbons (Fsp3) is 0. The van der Waals surface area contributed by atoms with Crippen LogP contribution in [-0.2, 0) is 0 Å². The highest BCUT2D eigenvalue weighted by atomic mass is 16.3. The Morgan fingerprint density at radius 1 is 0.360 bits per heavy atom. The average Bonchev–Trinajstić information content (AvgIpc) is 3.98. The topological polar surface area (TPSA) is 26.3 Å². The summed E-state index contributed by atoms with van der Waals surface area (Å²) in [4.78, 5) is 0. The minimum Gasteiger partial charge on any atom is -0.456 e. The molecule has 11 rings (SSSR count). The second kappa shape index (κ2) is 10.4. The van der Waals surface area contributed by atoms with Gasteiger partial charge in [-0.3, -0.25) is 0 Å². The highest BCUT2D eigenvalue weighted by molar-refractivity contribution is 6.26. The first-order valence-electron chi connectivity index (χ1n) is 26.7. The summed E-state index contributed by atoms with van der Waals surface area (Å²) in [5.41, 5.74) is -3.99. The number of rotatable bonds is 3. The van der Waals surface area contributed by atoms with E-state index in [9.17, 15) is 16.4 Å². The smallest absolute Gasteiger partial charge is 0.136 e. The molecular weight excluding hydrogens is 609 g/mol. The van der Waals surface area contributed by atoms with E-state index in [2.05, 4.69) is 0 Å². The van der Waals surface area contributed by atoms with Gasteiger partial charge in [0.1, 0.15) is 22.3 Å². The van der Waals surface area contributed by atoms with Crippen molar-refractivity contribution in [3.8, 4) is 33.4 Å². The number of hydrogen-bond donors (Lipinski definition) is 0. The van der Waals surface area contributed by atoms with Crippen LogP contribution < -0.4 is 0 Å². The molecule has 0 saturated carbocycles. The van der Waals surface area contributed by atoms with Crippen molar-refractivity contribution < 1.29 is 40.4 Å². The normalized spacial score (nSPS) is 18.4. The quantitative estimate of drug-likeness (QED) is 0.176. The summed E-state index contributed by atoms with van der Waals surface area (Å²) in [6.07, 6.45) is 0. The third-order valence-electron chi connectivity index (χ3n) is 8.71. The molecule has 232 valence electrons. The van der Waals surface area contributed by atoms with Crippen molar-refractivity contribution in [3.63, 3.8) is 0 Å². The molecule has 0 aliphatic carbocycles. The van der Waals surface area contributed by atoms with E-state index < -0.39 is 194 Å². The summed E-state index contributed by atoms with van der Waals surface area (Å²) in [6.45, 7) is 0. The van der Waals surface area contributed by atoms with Gasteiger partial charge >= 0.3 is 0 Å². The monoisotopic (exact) mass is 659 g/mol. The molecule has 0 spiro atoms. The van der Waals surface area contributed by atoms with E-state index >= 15 is 0 Å². The Morgan fingerprint density at radius 3 is 1.62 bits per heavy atom. The molecule has 0 aliphatic heterocycles. The summed E-state index contributed by atoms with van der Waals surface area (Å²) in [6, 6.07) is -9.45. The van der Waals surface area contributed by atoms with Crippen LogP contribution in [0.2, 0.25) is 0 Å². The Kier molecular flexibility index (Phi) is 2.78. The number of furan rings is 2. The Hall–Kier alpha value is -6.64. The van der Waals surface area contributed by atoms with Crippen LogP contribution in [0.5, 0.6) is 0 Å². The molecule has 2 heteroatoms. The molecule has 0 amide bonds. The maximum absolute atomic E-state index is 9.87. The SMILES string of the molecule is [2H]c1c([2H])c([2H])c2c(oc3c([2H])c([2H])c4oc5c([2H])c(-c6c([2H])c([2H])c([2H])c7c([2H])c(-c8c9c([2H])c([2H])c([2H])c([2H])c9c(-c9ccccc9)c9c([2H])c([2H])c([2H])c([2H])c89)c([2H])c([2H])c67)c([2H])c([2H])c5c4c32)c1[2H]. The van der Waals surface area contributed by atoms with Crippen LogP contribution in [0.1, 0.15) is 31.5 Å². The number of benzene rings is 9. The van der Waals surface area contributed by atoms with Gasteiger partial charge in [-0.25, -0.2) is 0 Å². The van der Waals surface area contributed by atoms with Crippen LogP contribution in [0, 0.1) is 0 Å². The van der Waals surface area contributed by atoms with Gasteiger partial charge < -0.3 is 8.83 Å². The van der Waals surface area contributed by atoms with E-state index in [1.165, 1.54) is 0 Å². The molecule has 0 bridgehead atoms. The Labute approximate surface area is 319 Å². The zero-order valence-corrected chi connectivity index (χ0v) is 25.2. The zero-order valence-electron chi connectivity index (χ0n) is 48.2. The van der Waals surface area contributed by atoms with Gasteiger partial charge in [0.15, 0.2) is 0 Å². The van der Waals surface area contributed by atoms with Gasteiger partial charge in [0, 0.05) is 21.5 Å². The first-order valence-corrected chi connectivity index (χ1v) is 15.2. The van der Waals surface area contributed by atoms with Crippen LogP contribution >= 0.6 is 0 Å². The van der Waals surface area contributed by atoms with Gasteiger partial charge in [-0.2, -0.15) is 0 Å². The largest absolute Gasteiger partial charge is 0.456 e. The van der Waals surface area contributed by atoms with Crippen LogP contribution in [0.4, 0.5) is 0 Å². The molecule has 0 saturated heterocycles.